The van der Waals surface area contributed by atoms with Crippen LogP contribution >= 0.6 is 35.4 Å². The quantitative estimate of drug-likeness (QED) is 0.534. The topological polar surface area (TPSA) is 50.4 Å². The molecule has 0 unspecified atom stereocenters. The number of hydrogen-bond acceptors (Lipinski definition) is 3. The minimum atomic E-state index is -0.170. The van der Waals surface area contributed by atoms with Crippen molar-refractivity contribution < 1.29 is 9.53 Å². The lowest BCUT2D eigenvalue weighted by Crippen LogP contribution is -2.34. The average Bonchev–Trinajstić information content (AvgIpc) is 2.55. The summed E-state index contributed by atoms with van der Waals surface area (Å²) in [5, 5.41) is 6.94. The van der Waals surface area contributed by atoms with Crippen LogP contribution in [0, 0.1) is 6.92 Å². The summed E-state index contributed by atoms with van der Waals surface area (Å²) in [6.07, 6.45) is 0.832. The number of carbonyl (C=O) groups is 1. The molecule has 0 atom stereocenters. The molecule has 4 nitrogen and oxygen atoms in total. The number of ether oxygens (including phenoxy) is 1. The van der Waals surface area contributed by atoms with E-state index in [-0.39, 0.29) is 11.0 Å². The molecule has 7 heteroatoms. The SMILES string of the molecule is Cc1ccccc1NC(=S)NC(=O)CCCOc1ccc(Cl)cc1Cl. The number of carbonyl (C=O) groups excluding carboxylic acids is 1. The van der Waals surface area contributed by atoms with E-state index >= 15 is 0 Å². The molecular weight excluding hydrogens is 379 g/mol. The Morgan fingerprint density at radius 2 is 1.96 bits per heavy atom. The number of halogens is 2. The van der Waals surface area contributed by atoms with Gasteiger partial charge in [-0.05, 0) is 55.4 Å². The van der Waals surface area contributed by atoms with E-state index in [9.17, 15) is 4.79 Å². The Kier molecular flexibility index (Phi) is 7.50. The lowest BCUT2D eigenvalue weighted by atomic mass is 10.2. The van der Waals surface area contributed by atoms with Crippen LogP contribution in [0.4, 0.5) is 5.69 Å². The first-order valence-electron chi connectivity index (χ1n) is 7.70. The van der Waals surface area contributed by atoms with Crippen LogP contribution in [-0.2, 0) is 4.79 Å². The monoisotopic (exact) mass is 396 g/mol. The zero-order valence-corrected chi connectivity index (χ0v) is 16.0. The number of thiocarbonyl (C=S) groups is 1. The molecule has 1 amide bonds. The Labute approximate surface area is 162 Å². The summed E-state index contributed by atoms with van der Waals surface area (Å²) in [5.41, 5.74) is 1.92. The van der Waals surface area contributed by atoms with E-state index in [1.807, 2.05) is 31.2 Å². The number of rotatable bonds is 6. The van der Waals surface area contributed by atoms with Gasteiger partial charge in [0.1, 0.15) is 5.75 Å². The Balaban J connectivity index is 1.70. The Bertz CT molecular complexity index is 768. The molecule has 0 saturated carbocycles. The predicted octanol–water partition coefficient (Wildman–Crippen LogP) is 4.97. The molecule has 0 aliphatic rings. The zero-order chi connectivity index (χ0) is 18.2. The van der Waals surface area contributed by atoms with Crippen molar-refractivity contribution in [2.75, 3.05) is 11.9 Å². The van der Waals surface area contributed by atoms with Gasteiger partial charge >= 0.3 is 0 Å². The molecule has 25 heavy (non-hydrogen) atoms. The second kappa shape index (κ2) is 9.61. The fraction of sp³-hybridized carbons (Fsp3) is 0.222. The molecule has 0 saturated heterocycles. The van der Waals surface area contributed by atoms with Crippen LogP contribution in [0.2, 0.25) is 10.0 Å². The first-order chi connectivity index (χ1) is 12.0. The Hall–Kier alpha value is -1.82. The summed E-state index contributed by atoms with van der Waals surface area (Å²) in [5.74, 6) is 0.375. The third-order valence-electron chi connectivity index (χ3n) is 3.35. The molecule has 0 spiro atoms. The molecule has 0 heterocycles. The zero-order valence-electron chi connectivity index (χ0n) is 13.6. The smallest absolute Gasteiger partial charge is 0.226 e. The standard InChI is InChI=1S/C18H18Cl2N2O2S/c1-12-5-2-3-6-15(12)21-18(25)22-17(23)7-4-10-24-16-9-8-13(19)11-14(16)20/h2-3,5-6,8-9,11H,4,7,10H2,1H3,(H2,21,22,23,25). The number of para-hydroxylation sites is 1. The third kappa shape index (κ3) is 6.53. The predicted molar refractivity (Wildman–Crippen MR) is 107 cm³/mol. The van der Waals surface area contributed by atoms with Crippen LogP contribution in [0.25, 0.3) is 0 Å². The number of amides is 1. The molecule has 0 fully saturated rings. The van der Waals surface area contributed by atoms with Crippen LogP contribution in [0.15, 0.2) is 42.5 Å². The summed E-state index contributed by atoms with van der Waals surface area (Å²) in [6, 6.07) is 12.7. The largest absolute Gasteiger partial charge is 0.492 e. The van der Waals surface area contributed by atoms with E-state index in [1.54, 1.807) is 18.2 Å². The molecule has 2 rings (SSSR count). The van der Waals surface area contributed by atoms with Gasteiger partial charge in [-0.15, -0.1) is 0 Å². The average molecular weight is 397 g/mol. The first-order valence-corrected chi connectivity index (χ1v) is 8.86. The molecule has 2 aromatic rings. The second-order valence-electron chi connectivity index (χ2n) is 5.34. The van der Waals surface area contributed by atoms with Crippen molar-refractivity contribution in [1.82, 2.24) is 5.32 Å². The minimum absolute atomic E-state index is 0.170. The van der Waals surface area contributed by atoms with E-state index in [1.165, 1.54) is 0 Å². The molecule has 0 bridgehead atoms. The van der Waals surface area contributed by atoms with Gasteiger partial charge in [0, 0.05) is 17.1 Å². The lowest BCUT2D eigenvalue weighted by molar-refractivity contribution is -0.119. The Morgan fingerprint density at radius 3 is 2.68 bits per heavy atom. The summed E-state index contributed by atoms with van der Waals surface area (Å²) < 4.78 is 5.54. The van der Waals surface area contributed by atoms with Gasteiger partial charge in [-0.3, -0.25) is 4.79 Å². The van der Waals surface area contributed by atoms with E-state index in [0.29, 0.717) is 35.2 Å². The van der Waals surface area contributed by atoms with Crippen LogP contribution in [0.5, 0.6) is 5.75 Å². The van der Waals surface area contributed by atoms with Gasteiger partial charge in [0.2, 0.25) is 5.91 Å². The van der Waals surface area contributed by atoms with Crippen molar-refractivity contribution in [3.63, 3.8) is 0 Å². The van der Waals surface area contributed by atoms with Crippen LogP contribution in [0.1, 0.15) is 18.4 Å². The number of nitrogens with one attached hydrogen (secondary N) is 2. The second-order valence-corrected chi connectivity index (χ2v) is 6.60. The number of benzene rings is 2. The van der Waals surface area contributed by atoms with Crippen molar-refractivity contribution in [2.45, 2.75) is 19.8 Å². The summed E-state index contributed by atoms with van der Waals surface area (Å²) in [7, 11) is 0. The van der Waals surface area contributed by atoms with Gasteiger partial charge in [0.25, 0.3) is 0 Å². The highest BCUT2D eigenvalue weighted by atomic mass is 35.5. The van der Waals surface area contributed by atoms with E-state index in [2.05, 4.69) is 10.6 Å². The van der Waals surface area contributed by atoms with Crippen molar-refractivity contribution in [3.05, 3.63) is 58.1 Å². The molecule has 132 valence electrons. The molecule has 0 aliphatic carbocycles. The molecule has 0 aromatic heterocycles. The maximum Gasteiger partial charge on any atom is 0.226 e. The maximum atomic E-state index is 11.9. The highest BCUT2D eigenvalue weighted by molar-refractivity contribution is 7.80. The normalized spacial score (nSPS) is 10.2. The van der Waals surface area contributed by atoms with Gasteiger partial charge in [-0.1, -0.05) is 41.4 Å². The van der Waals surface area contributed by atoms with E-state index in [0.717, 1.165) is 11.3 Å². The minimum Gasteiger partial charge on any atom is -0.492 e. The molecular formula is C18H18Cl2N2O2S. The van der Waals surface area contributed by atoms with Gasteiger partial charge in [0.15, 0.2) is 5.11 Å². The lowest BCUT2D eigenvalue weighted by Gasteiger charge is -2.12. The number of aryl methyl sites for hydroxylation is 1. The van der Waals surface area contributed by atoms with Crippen molar-refractivity contribution in [3.8, 4) is 5.75 Å². The van der Waals surface area contributed by atoms with Crippen LogP contribution in [-0.4, -0.2) is 17.6 Å². The maximum absolute atomic E-state index is 11.9. The van der Waals surface area contributed by atoms with Crippen LogP contribution < -0.4 is 15.4 Å². The van der Waals surface area contributed by atoms with E-state index < -0.39 is 0 Å². The van der Waals surface area contributed by atoms with Gasteiger partial charge in [-0.25, -0.2) is 0 Å². The highest BCUT2D eigenvalue weighted by Gasteiger charge is 2.07. The van der Waals surface area contributed by atoms with Gasteiger partial charge < -0.3 is 15.4 Å². The van der Waals surface area contributed by atoms with Gasteiger partial charge in [0.05, 0.1) is 11.6 Å². The van der Waals surface area contributed by atoms with Gasteiger partial charge in [-0.2, -0.15) is 0 Å². The van der Waals surface area contributed by atoms with Crippen LogP contribution in [0.3, 0.4) is 0 Å². The fourth-order valence-corrected chi connectivity index (χ4v) is 2.75. The highest BCUT2D eigenvalue weighted by Crippen LogP contribution is 2.27. The van der Waals surface area contributed by atoms with Crippen molar-refractivity contribution >= 4 is 52.1 Å². The number of anilines is 1. The van der Waals surface area contributed by atoms with Crippen molar-refractivity contribution in [1.29, 1.82) is 0 Å². The summed E-state index contributed by atoms with van der Waals surface area (Å²) in [6.45, 7) is 2.33. The van der Waals surface area contributed by atoms with E-state index in [4.69, 9.17) is 40.2 Å². The summed E-state index contributed by atoms with van der Waals surface area (Å²) in [4.78, 5) is 11.9. The number of hydrogen-bond donors (Lipinski definition) is 2. The van der Waals surface area contributed by atoms with Crippen molar-refractivity contribution in [2.24, 2.45) is 0 Å². The molecule has 0 radical (unpaired) electrons. The Morgan fingerprint density at radius 1 is 1.20 bits per heavy atom. The summed E-state index contributed by atoms with van der Waals surface area (Å²) >= 11 is 17.0. The molecule has 0 aliphatic heterocycles. The molecule has 2 aromatic carbocycles. The fourth-order valence-electron chi connectivity index (χ4n) is 2.06. The third-order valence-corrected chi connectivity index (χ3v) is 4.08. The molecule has 2 N–H and O–H groups in total. The first kappa shape index (κ1) is 19.5.